The monoisotopic (exact) mass is 651 g/mol. The van der Waals surface area contributed by atoms with Gasteiger partial charge in [-0.3, -0.25) is 19.4 Å². The third-order valence-electron chi connectivity index (χ3n) is 7.58. The number of piperidine rings is 1. The first-order chi connectivity index (χ1) is 23.0. The minimum absolute atomic E-state index is 0.123. The van der Waals surface area contributed by atoms with Gasteiger partial charge in [0.25, 0.3) is 5.56 Å². The Hall–Kier alpha value is -4.53. The van der Waals surface area contributed by atoms with Crippen molar-refractivity contribution in [3.8, 4) is 0 Å². The van der Waals surface area contributed by atoms with Crippen molar-refractivity contribution in [2.75, 3.05) is 88.8 Å². The number of carbonyl (C=O) groups excluding carboxylic acids is 1. The lowest BCUT2D eigenvalue weighted by Gasteiger charge is -2.36. The summed E-state index contributed by atoms with van der Waals surface area (Å²) >= 11 is 0. The van der Waals surface area contributed by atoms with Gasteiger partial charge in [0, 0.05) is 60.3 Å². The first-order valence-corrected chi connectivity index (χ1v) is 15.6. The maximum absolute atomic E-state index is 14.1. The van der Waals surface area contributed by atoms with Gasteiger partial charge < -0.3 is 38.4 Å². The molecular weight excluding hydrogens is 610 g/mol. The quantitative estimate of drug-likeness (QED) is 0.0825. The largest absolute Gasteiger partial charge is 0.480 e. The van der Waals surface area contributed by atoms with Crippen molar-refractivity contribution in [3.63, 3.8) is 0 Å². The number of pyridine rings is 2. The first-order valence-electron chi connectivity index (χ1n) is 15.6. The molecule has 1 aliphatic heterocycles. The molecule has 1 aliphatic rings. The number of amides is 1. The average molecular weight is 652 g/mol. The van der Waals surface area contributed by atoms with Gasteiger partial charge in [0.2, 0.25) is 5.91 Å². The molecule has 15 heteroatoms. The van der Waals surface area contributed by atoms with Gasteiger partial charge in [-0.1, -0.05) is 29.4 Å². The van der Waals surface area contributed by atoms with Crippen LogP contribution in [0.2, 0.25) is 0 Å². The number of nitrogens with zero attached hydrogens (tertiary/aromatic N) is 7. The molecule has 3 heterocycles. The summed E-state index contributed by atoms with van der Waals surface area (Å²) in [4.78, 5) is 48.6. The summed E-state index contributed by atoms with van der Waals surface area (Å²) in [6, 6.07) is 10.8. The summed E-state index contributed by atoms with van der Waals surface area (Å²) < 4.78 is 23.1. The number of benzene rings is 1. The van der Waals surface area contributed by atoms with Crippen LogP contribution in [-0.4, -0.2) is 106 Å². The number of aromatic nitrogens is 2. The maximum Gasteiger partial charge on any atom is 0.323 e. The Labute approximate surface area is 272 Å². The van der Waals surface area contributed by atoms with Crippen LogP contribution in [-0.2, 0) is 35.1 Å². The number of hydrogen-bond donors (Lipinski definition) is 1. The number of hydrogen-bond acceptors (Lipinski definition) is 10. The zero-order valence-electron chi connectivity index (χ0n) is 26.3. The Morgan fingerprint density at radius 2 is 1.68 bits per heavy atom. The lowest BCUT2D eigenvalue weighted by atomic mass is 9.95. The normalized spacial score (nSPS) is 14.6. The van der Waals surface area contributed by atoms with Crippen molar-refractivity contribution in [1.29, 1.82) is 0 Å². The molecule has 15 nitrogen and oxygen atoms in total. The van der Waals surface area contributed by atoms with Crippen molar-refractivity contribution in [2.24, 2.45) is 11.0 Å². The Bertz CT molecular complexity index is 1560. The number of anilines is 2. The minimum atomic E-state index is -1.15. The second-order valence-electron chi connectivity index (χ2n) is 10.8. The highest BCUT2D eigenvalue weighted by Crippen LogP contribution is 2.30. The van der Waals surface area contributed by atoms with E-state index < -0.39 is 18.1 Å². The highest BCUT2D eigenvalue weighted by atomic mass is 16.6. The van der Waals surface area contributed by atoms with Gasteiger partial charge in [0.05, 0.1) is 76.3 Å². The highest BCUT2D eigenvalue weighted by Gasteiger charge is 2.31. The minimum Gasteiger partial charge on any atom is -0.480 e. The Morgan fingerprint density at radius 1 is 0.979 bits per heavy atom. The van der Waals surface area contributed by atoms with E-state index in [0.29, 0.717) is 64.9 Å². The van der Waals surface area contributed by atoms with Crippen LogP contribution in [0.4, 0.5) is 11.4 Å². The number of azide groups is 1. The summed E-state index contributed by atoms with van der Waals surface area (Å²) in [6.07, 6.45) is 6.58. The van der Waals surface area contributed by atoms with Crippen LogP contribution in [0.3, 0.4) is 0 Å². The number of carboxylic acids is 1. The standard InChI is InChI=1S/C32H41N7O8/c33-36-35-9-12-44-14-16-46-18-19-47-17-15-45-13-11-39(27-7-8-30(40)38(23-27)24-31(41)42)32(43)26-5-3-10-37(22-26)29-21-34-20-25-4-1-2-6-28(25)29/h1-2,4,6-8,20-21,23,26H,3,5,9-19,22,24H2,(H,41,42)/t26-/m0/s1. The maximum atomic E-state index is 14.1. The van der Waals surface area contributed by atoms with E-state index in [1.807, 2.05) is 30.6 Å². The smallest absolute Gasteiger partial charge is 0.323 e. The van der Waals surface area contributed by atoms with Crippen LogP contribution >= 0.6 is 0 Å². The molecular formula is C32H41N7O8. The average Bonchev–Trinajstić information content (AvgIpc) is 3.08. The fourth-order valence-corrected chi connectivity index (χ4v) is 5.35. The van der Waals surface area contributed by atoms with Gasteiger partial charge in [-0.25, -0.2) is 0 Å². The number of rotatable bonds is 20. The molecule has 0 spiro atoms. The van der Waals surface area contributed by atoms with Gasteiger partial charge in [-0.2, -0.15) is 0 Å². The van der Waals surface area contributed by atoms with E-state index in [2.05, 4.69) is 26.0 Å². The van der Waals surface area contributed by atoms with Gasteiger partial charge >= 0.3 is 5.97 Å². The molecule has 0 saturated carbocycles. The predicted octanol–water partition coefficient (Wildman–Crippen LogP) is 3.11. The summed E-state index contributed by atoms with van der Waals surface area (Å²) in [5, 5.41) is 14.8. The second kappa shape index (κ2) is 19.2. The van der Waals surface area contributed by atoms with Gasteiger partial charge in [0.15, 0.2) is 0 Å². The summed E-state index contributed by atoms with van der Waals surface area (Å²) in [5.41, 5.74) is 9.16. The molecule has 0 radical (unpaired) electrons. The van der Waals surface area contributed by atoms with Crippen LogP contribution in [0.15, 0.2) is 64.9 Å². The van der Waals surface area contributed by atoms with Gasteiger partial charge in [-0.15, -0.1) is 0 Å². The van der Waals surface area contributed by atoms with Gasteiger partial charge in [0.1, 0.15) is 6.54 Å². The third kappa shape index (κ3) is 11.0. The van der Waals surface area contributed by atoms with E-state index in [1.165, 1.54) is 12.3 Å². The van der Waals surface area contributed by atoms with Gasteiger partial charge in [-0.05, 0) is 24.4 Å². The van der Waals surface area contributed by atoms with E-state index in [1.54, 1.807) is 11.0 Å². The molecule has 2 aromatic heterocycles. The number of ether oxygens (including phenoxy) is 4. The van der Waals surface area contributed by atoms with Crippen molar-refractivity contribution >= 4 is 34.0 Å². The molecule has 3 aromatic rings. The summed E-state index contributed by atoms with van der Waals surface area (Å²) in [7, 11) is 0. The zero-order valence-corrected chi connectivity index (χ0v) is 26.3. The Kier molecular flexibility index (Phi) is 14.4. The number of carbonyl (C=O) groups is 2. The summed E-state index contributed by atoms with van der Waals surface area (Å²) in [6.45, 7) is 4.02. The molecule has 0 aliphatic carbocycles. The van der Waals surface area contributed by atoms with Crippen LogP contribution < -0.4 is 15.4 Å². The van der Waals surface area contributed by atoms with Crippen molar-refractivity contribution in [1.82, 2.24) is 9.55 Å². The molecule has 1 atom stereocenters. The summed E-state index contributed by atoms with van der Waals surface area (Å²) in [5.74, 6) is -1.61. The van der Waals surface area contributed by atoms with E-state index in [4.69, 9.17) is 24.5 Å². The van der Waals surface area contributed by atoms with Crippen LogP contribution in [0.5, 0.6) is 0 Å². The van der Waals surface area contributed by atoms with Crippen LogP contribution in [0.1, 0.15) is 12.8 Å². The fraction of sp³-hybridized carbons (Fsp3) is 0.500. The van der Waals surface area contributed by atoms with Crippen molar-refractivity contribution < 1.29 is 33.6 Å². The highest BCUT2D eigenvalue weighted by molar-refractivity contribution is 5.96. The van der Waals surface area contributed by atoms with Crippen LogP contribution in [0.25, 0.3) is 21.2 Å². The SMILES string of the molecule is [N-]=[N+]=NCCOCCOCCOCCOCCN(C(=O)[C@H]1CCCN(c2cncc3ccccc23)C1)c1ccc(=O)n(CC(=O)O)c1. The molecule has 1 aromatic carbocycles. The van der Waals surface area contributed by atoms with Crippen molar-refractivity contribution in [3.05, 3.63) is 75.8 Å². The van der Waals surface area contributed by atoms with E-state index in [0.717, 1.165) is 34.0 Å². The van der Waals surface area contributed by atoms with E-state index >= 15 is 0 Å². The molecule has 0 unspecified atom stereocenters. The lowest BCUT2D eigenvalue weighted by Crippen LogP contribution is -2.46. The number of carboxylic acid groups (broad SMARTS) is 1. The third-order valence-corrected chi connectivity index (χ3v) is 7.58. The molecule has 1 fully saturated rings. The second-order valence-corrected chi connectivity index (χ2v) is 10.8. The van der Waals surface area contributed by atoms with Crippen LogP contribution in [0, 0.1) is 5.92 Å². The molecule has 1 saturated heterocycles. The molecule has 1 amide bonds. The van der Waals surface area contributed by atoms with E-state index in [-0.39, 0.29) is 31.5 Å². The topological polar surface area (TPSA) is 181 Å². The predicted molar refractivity (Wildman–Crippen MR) is 175 cm³/mol. The molecule has 47 heavy (non-hydrogen) atoms. The zero-order chi connectivity index (χ0) is 33.3. The molecule has 4 rings (SSSR count). The Balaban J connectivity index is 1.31. The Morgan fingerprint density at radius 3 is 2.40 bits per heavy atom. The van der Waals surface area contributed by atoms with E-state index in [9.17, 15) is 19.5 Å². The number of aliphatic carboxylic acids is 1. The lowest BCUT2D eigenvalue weighted by molar-refractivity contribution is -0.137. The van der Waals surface area contributed by atoms with Crippen molar-refractivity contribution in [2.45, 2.75) is 19.4 Å². The molecule has 252 valence electrons. The molecule has 1 N–H and O–H groups in total. The number of fused-ring (bicyclic) bond motifs is 1. The fourth-order valence-electron chi connectivity index (χ4n) is 5.35. The first kappa shape index (κ1) is 35.3. The molecule has 0 bridgehead atoms.